The number of hydrogen-bond acceptors (Lipinski definition) is 2. The number of imidazole rings is 1. The second-order valence-corrected chi connectivity index (χ2v) is 3.67. The summed E-state index contributed by atoms with van der Waals surface area (Å²) in [6.45, 7) is 3.39. The molecule has 3 nitrogen and oxygen atoms in total. The average molecular weight is 283 g/mol. The molecule has 0 unspecified atom stereocenters. The molecule has 2 rings (SSSR count). The van der Waals surface area contributed by atoms with Gasteiger partial charge in [-0.15, -0.1) is 24.8 Å². The third-order valence-electron chi connectivity index (χ3n) is 2.25. The number of nitrogens with zero attached hydrogens (tertiary/aromatic N) is 2. The van der Waals surface area contributed by atoms with Crippen LogP contribution in [-0.2, 0) is 6.54 Å². The molecule has 0 atom stereocenters. The highest BCUT2D eigenvalue weighted by Gasteiger charge is 2.06. The van der Waals surface area contributed by atoms with Gasteiger partial charge in [-0.05, 0) is 25.1 Å². The molecule has 0 fully saturated rings. The van der Waals surface area contributed by atoms with E-state index in [4.69, 9.17) is 17.3 Å². The highest BCUT2D eigenvalue weighted by molar-refractivity contribution is 6.31. The fraction of sp³-hybridized carbons (Fsp3) is 0.300. The molecular weight excluding hydrogens is 268 g/mol. The molecule has 1 aromatic carbocycles. The summed E-state index contributed by atoms with van der Waals surface area (Å²) in [5, 5.41) is 0.717. The molecule has 0 aliphatic heterocycles. The highest BCUT2D eigenvalue weighted by atomic mass is 35.5. The standard InChI is InChI=1S/C10H12ClN3.2ClH/c1-7-13-9-6-8(11)2-3-10(9)14(7)5-4-12;;/h2-3,6H,4-5,12H2,1H3;2*1H. The Labute approximate surface area is 112 Å². The van der Waals surface area contributed by atoms with Gasteiger partial charge in [-0.3, -0.25) is 0 Å². The van der Waals surface area contributed by atoms with Crippen LogP contribution in [-0.4, -0.2) is 16.1 Å². The van der Waals surface area contributed by atoms with Crippen molar-refractivity contribution in [2.45, 2.75) is 13.5 Å². The molecule has 90 valence electrons. The largest absolute Gasteiger partial charge is 0.329 e. The first kappa shape index (κ1) is 15.5. The number of fused-ring (bicyclic) bond motifs is 1. The monoisotopic (exact) mass is 281 g/mol. The number of aryl methyl sites for hydroxylation is 1. The Morgan fingerprint density at radius 3 is 2.69 bits per heavy atom. The minimum Gasteiger partial charge on any atom is -0.329 e. The van der Waals surface area contributed by atoms with Crippen molar-refractivity contribution in [1.29, 1.82) is 0 Å². The zero-order chi connectivity index (χ0) is 10.1. The number of rotatable bonds is 2. The molecule has 0 radical (unpaired) electrons. The lowest BCUT2D eigenvalue weighted by atomic mass is 10.3. The van der Waals surface area contributed by atoms with Gasteiger partial charge in [0.1, 0.15) is 5.82 Å². The van der Waals surface area contributed by atoms with E-state index in [2.05, 4.69) is 9.55 Å². The highest BCUT2D eigenvalue weighted by Crippen LogP contribution is 2.19. The summed E-state index contributed by atoms with van der Waals surface area (Å²) in [5.41, 5.74) is 7.56. The van der Waals surface area contributed by atoms with Crippen molar-refractivity contribution in [1.82, 2.24) is 9.55 Å². The van der Waals surface area contributed by atoms with E-state index in [-0.39, 0.29) is 24.8 Å². The van der Waals surface area contributed by atoms with E-state index in [0.717, 1.165) is 28.4 Å². The van der Waals surface area contributed by atoms with Gasteiger partial charge in [-0.1, -0.05) is 11.6 Å². The molecule has 0 aliphatic carbocycles. The Kier molecular flexibility index (Phi) is 6.11. The second-order valence-electron chi connectivity index (χ2n) is 3.23. The Hall–Kier alpha value is -0.480. The number of nitrogens with two attached hydrogens (primary N) is 1. The van der Waals surface area contributed by atoms with Crippen LogP contribution in [0.2, 0.25) is 5.02 Å². The maximum absolute atomic E-state index is 5.88. The zero-order valence-corrected chi connectivity index (χ0v) is 11.2. The van der Waals surface area contributed by atoms with Gasteiger partial charge in [0, 0.05) is 18.1 Å². The second kappa shape index (κ2) is 6.30. The molecular formula is C10H14Cl3N3. The van der Waals surface area contributed by atoms with Gasteiger partial charge in [0.15, 0.2) is 0 Å². The number of aromatic nitrogens is 2. The Bertz CT molecular complexity index is 468. The maximum atomic E-state index is 5.88. The van der Waals surface area contributed by atoms with Crippen molar-refractivity contribution in [3.05, 3.63) is 29.0 Å². The van der Waals surface area contributed by atoms with E-state index in [1.165, 1.54) is 0 Å². The van der Waals surface area contributed by atoms with Gasteiger partial charge in [0.05, 0.1) is 11.0 Å². The van der Waals surface area contributed by atoms with E-state index in [1.807, 2.05) is 25.1 Å². The third kappa shape index (κ3) is 2.80. The smallest absolute Gasteiger partial charge is 0.106 e. The van der Waals surface area contributed by atoms with Crippen LogP contribution in [0.25, 0.3) is 11.0 Å². The van der Waals surface area contributed by atoms with Crippen molar-refractivity contribution in [3.8, 4) is 0 Å². The lowest BCUT2D eigenvalue weighted by molar-refractivity contribution is 0.703. The van der Waals surface area contributed by atoms with E-state index in [0.29, 0.717) is 6.54 Å². The van der Waals surface area contributed by atoms with Crippen molar-refractivity contribution in [2.75, 3.05) is 6.54 Å². The zero-order valence-electron chi connectivity index (χ0n) is 8.81. The summed E-state index contributed by atoms with van der Waals surface area (Å²) in [7, 11) is 0. The fourth-order valence-corrected chi connectivity index (χ4v) is 1.80. The van der Waals surface area contributed by atoms with Crippen LogP contribution in [0.15, 0.2) is 18.2 Å². The van der Waals surface area contributed by atoms with Crippen LogP contribution in [0.3, 0.4) is 0 Å². The van der Waals surface area contributed by atoms with Crippen LogP contribution in [0.5, 0.6) is 0 Å². The SMILES string of the molecule is Cc1nc2cc(Cl)ccc2n1CCN.Cl.Cl. The van der Waals surface area contributed by atoms with Crippen LogP contribution >= 0.6 is 36.4 Å². The van der Waals surface area contributed by atoms with Crippen LogP contribution in [0.1, 0.15) is 5.82 Å². The molecule has 2 N–H and O–H groups in total. The predicted molar refractivity (Wildman–Crippen MR) is 73.0 cm³/mol. The molecule has 6 heteroatoms. The molecule has 0 spiro atoms. The molecule has 16 heavy (non-hydrogen) atoms. The first-order valence-electron chi connectivity index (χ1n) is 4.55. The van der Waals surface area contributed by atoms with Gasteiger partial charge in [-0.25, -0.2) is 4.98 Å². The lowest BCUT2D eigenvalue weighted by Gasteiger charge is -2.03. The van der Waals surface area contributed by atoms with E-state index in [9.17, 15) is 0 Å². The van der Waals surface area contributed by atoms with Crippen molar-refractivity contribution in [2.24, 2.45) is 5.73 Å². The summed E-state index contributed by atoms with van der Waals surface area (Å²) in [6, 6.07) is 5.72. The molecule has 0 bridgehead atoms. The summed E-state index contributed by atoms with van der Waals surface area (Å²) >= 11 is 5.88. The topological polar surface area (TPSA) is 43.8 Å². The van der Waals surface area contributed by atoms with Crippen LogP contribution < -0.4 is 5.73 Å². The molecule has 1 aromatic heterocycles. The van der Waals surface area contributed by atoms with E-state index < -0.39 is 0 Å². The first-order chi connectivity index (χ1) is 6.72. The van der Waals surface area contributed by atoms with Gasteiger partial charge >= 0.3 is 0 Å². The van der Waals surface area contributed by atoms with Crippen LogP contribution in [0.4, 0.5) is 0 Å². The first-order valence-corrected chi connectivity index (χ1v) is 4.92. The van der Waals surface area contributed by atoms with Gasteiger partial charge in [0.2, 0.25) is 0 Å². The number of halogens is 3. The molecule has 0 saturated heterocycles. The molecule has 2 aromatic rings. The van der Waals surface area contributed by atoms with Crippen molar-refractivity contribution >= 4 is 47.4 Å². The quantitative estimate of drug-likeness (QED) is 0.920. The average Bonchev–Trinajstić information content (AvgIpc) is 2.43. The van der Waals surface area contributed by atoms with Crippen molar-refractivity contribution < 1.29 is 0 Å². The Balaban J connectivity index is 0.00000112. The minimum atomic E-state index is 0. The van der Waals surface area contributed by atoms with Gasteiger partial charge in [0.25, 0.3) is 0 Å². The molecule has 0 saturated carbocycles. The molecule has 0 amide bonds. The molecule has 0 aliphatic rings. The number of benzene rings is 1. The minimum absolute atomic E-state index is 0. The fourth-order valence-electron chi connectivity index (χ4n) is 1.63. The summed E-state index contributed by atoms with van der Waals surface area (Å²) < 4.78 is 2.10. The summed E-state index contributed by atoms with van der Waals surface area (Å²) in [5.74, 6) is 0.979. The molecule has 1 heterocycles. The van der Waals surface area contributed by atoms with Crippen LogP contribution in [0, 0.1) is 6.92 Å². The Morgan fingerprint density at radius 2 is 2.06 bits per heavy atom. The van der Waals surface area contributed by atoms with E-state index in [1.54, 1.807) is 0 Å². The summed E-state index contributed by atoms with van der Waals surface area (Å²) in [4.78, 5) is 4.42. The number of hydrogen-bond donors (Lipinski definition) is 1. The normalized spacial score (nSPS) is 9.69. The van der Waals surface area contributed by atoms with Gasteiger partial charge < -0.3 is 10.3 Å². The summed E-state index contributed by atoms with van der Waals surface area (Å²) in [6.07, 6.45) is 0. The maximum Gasteiger partial charge on any atom is 0.106 e. The Morgan fingerprint density at radius 1 is 1.38 bits per heavy atom. The third-order valence-corrected chi connectivity index (χ3v) is 2.49. The van der Waals surface area contributed by atoms with E-state index >= 15 is 0 Å². The predicted octanol–water partition coefficient (Wildman–Crippen LogP) is 2.80. The van der Waals surface area contributed by atoms with Crippen molar-refractivity contribution in [3.63, 3.8) is 0 Å². The lowest BCUT2D eigenvalue weighted by Crippen LogP contribution is -2.10. The van der Waals surface area contributed by atoms with Gasteiger partial charge in [-0.2, -0.15) is 0 Å².